The Bertz CT molecular complexity index is 728. The van der Waals surface area contributed by atoms with Crippen LogP contribution in [0.15, 0.2) is 30.3 Å². The van der Waals surface area contributed by atoms with Crippen molar-refractivity contribution >= 4 is 29.7 Å². The van der Waals surface area contributed by atoms with Gasteiger partial charge in [-0.3, -0.25) is 4.79 Å². The predicted molar refractivity (Wildman–Crippen MR) is 115 cm³/mol. The molecule has 27 heavy (non-hydrogen) atoms. The minimum Gasteiger partial charge on any atom is -0.349 e. The molecule has 0 radical (unpaired) electrons. The molecule has 6 heteroatoms. The number of rotatable bonds is 6. The largest absolute Gasteiger partial charge is 0.349 e. The molecule has 0 bridgehead atoms. The lowest BCUT2D eigenvalue weighted by molar-refractivity contribution is -0.123. The highest BCUT2D eigenvalue weighted by Gasteiger charge is 2.23. The number of hydrogen-bond acceptors (Lipinski definition) is 4. The summed E-state index contributed by atoms with van der Waals surface area (Å²) in [6.45, 7) is 8.43. The van der Waals surface area contributed by atoms with Gasteiger partial charge >= 0.3 is 0 Å². The van der Waals surface area contributed by atoms with Gasteiger partial charge in [-0.05, 0) is 51.6 Å². The molecular formula is C21H30ClN3OS. The summed E-state index contributed by atoms with van der Waals surface area (Å²) in [6.07, 6.45) is 3.04. The molecule has 0 spiro atoms. The second-order valence-electron chi connectivity index (χ2n) is 7.41. The first-order valence-corrected chi connectivity index (χ1v) is 10.4. The number of nitrogens with one attached hydrogen (secondary N) is 2. The van der Waals surface area contributed by atoms with Gasteiger partial charge in [0.25, 0.3) is 0 Å². The van der Waals surface area contributed by atoms with E-state index >= 15 is 0 Å². The SMILES string of the molecule is Cc1nc(-c2ccccc2)sc1C(C)NC(=O)CC(C)C1CCCNC1.Cl. The molecule has 1 amide bonds. The Morgan fingerprint density at radius 1 is 1.33 bits per heavy atom. The fraction of sp³-hybridized carbons (Fsp3) is 0.524. The number of piperidine rings is 1. The van der Waals surface area contributed by atoms with Crippen molar-refractivity contribution in [2.45, 2.75) is 46.1 Å². The second-order valence-corrected chi connectivity index (χ2v) is 8.44. The van der Waals surface area contributed by atoms with Crippen LogP contribution in [0.5, 0.6) is 0 Å². The summed E-state index contributed by atoms with van der Waals surface area (Å²) in [5.41, 5.74) is 2.13. The topological polar surface area (TPSA) is 54.0 Å². The first-order valence-electron chi connectivity index (χ1n) is 9.57. The molecule has 1 fully saturated rings. The number of carbonyl (C=O) groups excluding carboxylic acids is 1. The van der Waals surface area contributed by atoms with E-state index in [2.05, 4.69) is 36.6 Å². The summed E-state index contributed by atoms with van der Waals surface area (Å²) < 4.78 is 0. The molecule has 1 aromatic carbocycles. The van der Waals surface area contributed by atoms with Crippen molar-refractivity contribution in [3.8, 4) is 10.6 Å². The summed E-state index contributed by atoms with van der Waals surface area (Å²) in [4.78, 5) is 18.4. The highest BCUT2D eigenvalue weighted by atomic mass is 35.5. The van der Waals surface area contributed by atoms with Crippen molar-refractivity contribution in [1.29, 1.82) is 0 Å². The molecular weight excluding hydrogens is 378 g/mol. The van der Waals surface area contributed by atoms with E-state index in [0.717, 1.165) is 34.2 Å². The van der Waals surface area contributed by atoms with Crippen molar-refractivity contribution < 1.29 is 4.79 Å². The predicted octanol–water partition coefficient (Wildman–Crippen LogP) is 4.74. The van der Waals surface area contributed by atoms with Gasteiger partial charge in [0.05, 0.1) is 16.6 Å². The van der Waals surface area contributed by atoms with Crippen molar-refractivity contribution in [2.75, 3.05) is 13.1 Å². The van der Waals surface area contributed by atoms with E-state index in [1.165, 1.54) is 12.8 Å². The van der Waals surface area contributed by atoms with Crippen LogP contribution < -0.4 is 10.6 Å². The summed E-state index contributed by atoms with van der Waals surface area (Å²) in [5.74, 6) is 1.17. The smallest absolute Gasteiger partial charge is 0.220 e. The van der Waals surface area contributed by atoms with Gasteiger partial charge < -0.3 is 10.6 Å². The van der Waals surface area contributed by atoms with E-state index in [4.69, 9.17) is 4.98 Å². The lowest BCUT2D eigenvalue weighted by Crippen LogP contribution is -2.36. The number of thiazole rings is 1. The maximum absolute atomic E-state index is 12.5. The van der Waals surface area contributed by atoms with Gasteiger partial charge in [-0.25, -0.2) is 4.98 Å². The Labute approximate surface area is 172 Å². The van der Waals surface area contributed by atoms with Crippen LogP contribution in [0.1, 0.15) is 49.7 Å². The molecule has 2 heterocycles. The van der Waals surface area contributed by atoms with Crippen LogP contribution >= 0.6 is 23.7 Å². The van der Waals surface area contributed by atoms with Crippen molar-refractivity contribution in [2.24, 2.45) is 11.8 Å². The number of nitrogens with zero attached hydrogens (tertiary/aromatic N) is 1. The minimum absolute atomic E-state index is 0. The van der Waals surface area contributed by atoms with Crippen molar-refractivity contribution in [3.05, 3.63) is 40.9 Å². The zero-order valence-electron chi connectivity index (χ0n) is 16.3. The van der Waals surface area contributed by atoms with E-state index in [0.29, 0.717) is 18.3 Å². The monoisotopic (exact) mass is 407 g/mol. The molecule has 1 aliphatic rings. The summed E-state index contributed by atoms with van der Waals surface area (Å²) in [6, 6.07) is 10.2. The lowest BCUT2D eigenvalue weighted by atomic mass is 9.85. The third-order valence-corrected chi connectivity index (χ3v) is 6.66. The Hall–Kier alpha value is -1.43. The number of halogens is 1. The molecule has 148 valence electrons. The molecule has 3 atom stereocenters. The number of amides is 1. The van der Waals surface area contributed by atoms with E-state index in [1.807, 2.05) is 25.1 Å². The zero-order chi connectivity index (χ0) is 18.5. The number of benzene rings is 1. The average Bonchev–Trinajstić information content (AvgIpc) is 3.05. The molecule has 3 rings (SSSR count). The molecule has 1 aliphatic heterocycles. The molecule has 4 nitrogen and oxygen atoms in total. The van der Waals surface area contributed by atoms with Gasteiger partial charge in [0, 0.05) is 12.0 Å². The third kappa shape index (κ3) is 5.77. The van der Waals surface area contributed by atoms with Gasteiger partial charge in [-0.1, -0.05) is 37.3 Å². The zero-order valence-corrected chi connectivity index (χ0v) is 18.0. The van der Waals surface area contributed by atoms with E-state index < -0.39 is 0 Å². The Kier molecular flexibility index (Phi) is 8.27. The Morgan fingerprint density at radius 3 is 2.74 bits per heavy atom. The number of carbonyl (C=O) groups is 1. The molecule has 0 saturated carbocycles. The van der Waals surface area contributed by atoms with E-state index in [1.54, 1.807) is 11.3 Å². The number of aromatic nitrogens is 1. The van der Waals surface area contributed by atoms with Crippen LogP contribution in [0, 0.1) is 18.8 Å². The third-order valence-electron chi connectivity index (χ3n) is 5.27. The maximum Gasteiger partial charge on any atom is 0.220 e. The van der Waals surface area contributed by atoms with Gasteiger partial charge in [-0.2, -0.15) is 0 Å². The highest BCUT2D eigenvalue weighted by Crippen LogP contribution is 2.32. The summed E-state index contributed by atoms with van der Waals surface area (Å²) in [5, 5.41) is 7.64. The molecule has 1 aromatic heterocycles. The van der Waals surface area contributed by atoms with Gasteiger partial charge in [0.2, 0.25) is 5.91 Å². The number of hydrogen-bond donors (Lipinski definition) is 2. The fourth-order valence-corrected chi connectivity index (χ4v) is 4.78. The van der Waals surface area contributed by atoms with Crippen LogP contribution in [0.3, 0.4) is 0 Å². The van der Waals surface area contributed by atoms with Crippen LogP contribution in [-0.4, -0.2) is 24.0 Å². The highest BCUT2D eigenvalue weighted by molar-refractivity contribution is 7.15. The Morgan fingerprint density at radius 2 is 2.07 bits per heavy atom. The van der Waals surface area contributed by atoms with E-state index in [-0.39, 0.29) is 24.4 Å². The summed E-state index contributed by atoms with van der Waals surface area (Å²) >= 11 is 1.67. The summed E-state index contributed by atoms with van der Waals surface area (Å²) in [7, 11) is 0. The van der Waals surface area contributed by atoms with Crippen molar-refractivity contribution in [1.82, 2.24) is 15.6 Å². The standard InChI is InChI=1S/C21H29N3OS.ClH/c1-14(18-10-7-11-22-13-18)12-19(25)23-15(2)20-16(3)24-21(26-20)17-8-5-4-6-9-17;/h4-6,8-9,14-15,18,22H,7,10-13H2,1-3H3,(H,23,25);1H. The van der Waals surface area contributed by atoms with Crippen LogP contribution in [0.25, 0.3) is 10.6 Å². The molecule has 1 saturated heterocycles. The average molecular weight is 408 g/mol. The molecule has 2 N–H and O–H groups in total. The molecule has 0 aliphatic carbocycles. The van der Waals surface area contributed by atoms with E-state index in [9.17, 15) is 4.79 Å². The first kappa shape index (κ1) is 21.9. The fourth-order valence-electron chi connectivity index (χ4n) is 3.70. The molecule has 2 aromatic rings. The quantitative estimate of drug-likeness (QED) is 0.726. The lowest BCUT2D eigenvalue weighted by Gasteiger charge is -2.28. The van der Waals surface area contributed by atoms with Crippen LogP contribution in [-0.2, 0) is 4.79 Å². The number of aryl methyl sites for hydroxylation is 1. The van der Waals surface area contributed by atoms with Crippen LogP contribution in [0.2, 0.25) is 0 Å². The van der Waals surface area contributed by atoms with Gasteiger partial charge in [-0.15, -0.1) is 23.7 Å². The normalized spacial score (nSPS) is 19.0. The first-order chi connectivity index (χ1) is 12.5. The van der Waals surface area contributed by atoms with Crippen molar-refractivity contribution in [3.63, 3.8) is 0 Å². The second kappa shape index (κ2) is 10.2. The Balaban J connectivity index is 0.00000261. The van der Waals surface area contributed by atoms with Gasteiger partial charge in [0.15, 0.2) is 0 Å². The minimum atomic E-state index is -0.00542. The molecule has 3 unspecified atom stereocenters. The van der Waals surface area contributed by atoms with Crippen LogP contribution in [0.4, 0.5) is 0 Å². The maximum atomic E-state index is 12.5. The van der Waals surface area contributed by atoms with Gasteiger partial charge in [0.1, 0.15) is 5.01 Å².